The number of carbonyl (C=O) groups excluding carboxylic acids is 1. The number of hydrogen-bond donors (Lipinski definition) is 0. The van der Waals surface area contributed by atoms with E-state index in [0.29, 0.717) is 22.4 Å². The Morgan fingerprint density at radius 1 is 1.13 bits per heavy atom. The van der Waals surface area contributed by atoms with Crippen molar-refractivity contribution in [3.63, 3.8) is 0 Å². The van der Waals surface area contributed by atoms with Crippen molar-refractivity contribution in [1.82, 2.24) is 0 Å². The lowest BCUT2D eigenvalue weighted by molar-refractivity contribution is -0.109. The van der Waals surface area contributed by atoms with Crippen LogP contribution in [0.25, 0.3) is 6.08 Å². The Morgan fingerprint density at radius 3 is 2.52 bits per heavy atom. The molecule has 2 aromatic rings. The van der Waals surface area contributed by atoms with Crippen LogP contribution in [-0.2, 0) is 11.4 Å². The molecule has 0 atom stereocenters. The average Bonchev–Trinajstić information content (AvgIpc) is 2.53. The Labute approximate surface area is 150 Å². The van der Waals surface area contributed by atoms with Crippen molar-refractivity contribution in [3.05, 3.63) is 69.7 Å². The van der Waals surface area contributed by atoms with E-state index in [4.69, 9.17) is 27.9 Å². The van der Waals surface area contributed by atoms with E-state index in [2.05, 4.69) is 0 Å². The van der Waals surface area contributed by atoms with Crippen LogP contribution in [0.2, 0.25) is 10.0 Å². The molecular formula is C18H16Cl2O2S. The molecule has 0 saturated carbocycles. The molecule has 0 amide bonds. The zero-order valence-corrected chi connectivity index (χ0v) is 14.9. The lowest BCUT2D eigenvalue weighted by Gasteiger charge is -2.07. The molecule has 0 fully saturated rings. The van der Waals surface area contributed by atoms with Gasteiger partial charge < -0.3 is 4.74 Å². The third-order valence-electron chi connectivity index (χ3n) is 2.96. The van der Waals surface area contributed by atoms with Gasteiger partial charge in [0.2, 0.25) is 0 Å². The summed E-state index contributed by atoms with van der Waals surface area (Å²) >= 11 is 13.2. The Morgan fingerprint density at radius 2 is 1.87 bits per heavy atom. The highest BCUT2D eigenvalue weighted by Gasteiger charge is 2.01. The molecular weight excluding hydrogens is 351 g/mol. The number of carbonyl (C=O) groups is 1. The van der Waals surface area contributed by atoms with Gasteiger partial charge in [0.15, 0.2) is 5.12 Å². The number of thioether (sulfide) groups is 1. The molecule has 2 nitrogen and oxygen atoms in total. The summed E-state index contributed by atoms with van der Waals surface area (Å²) in [7, 11) is 0. The second-order valence-electron chi connectivity index (χ2n) is 4.81. The highest BCUT2D eigenvalue weighted by molar-refractivity contribution is 8.13. The summed E-state index contributed by atoms with van der Waals surface area (Å²) in [5, 5.41) is 1.19. The minimum atomic E-state index is 0.126. The van der Waals surface area contributed by atoms with Crippen LogP contribution in [0.1, 0.15) is 18.1 Å². The minimum absolute atomic E-state index is 0.126. The topological polar surface area (TPSA) is 26.3 Å². The SMILES string of the molecule is CC(=O)SCC=Cc1ccc(OCc2ccc(Cl)c(Cl)c2)cc1. The predicted octanol–water partition coefficient (Wildman–Crippen LogP) is 5.87. The first-order chi connectivity index (χ1) is 11.0. The first-order valence-corrected chi connectivity index (χ1v) is 8.75. The number of benzene rings is 2. The Balaban J connectivity index is 1.87. The lowest BCUT2D eigenvalue weighted by Crippen LogP contribution is -1.95. The van der Waals surface area contributed by atoms with Crippen molar-refractivity contribution in [1.29, 1.82) is 0 Å². The molecule has 0 bridgehead atoms. The smallest absolute Gasteiger partial charge is 0.186 e. The summed E-state index contributed by atoms with van der Waals surface area (Å²) in [5.41, 5.74) is 2.03. The van der Waals surface area contributed by atoms with Crippen LogP contribution in [0.3, 0.4) is 0 Å². The van der Waals surface area contributed by atoms with Crippen LogP contribution in [0.4, 0.5) is 0 Å². The quantitative estimate of drug-likeness (QED) is 0.639. The van der Waals surface area contributed by atoms with E-state index in [1.165, 1.54) is 11.8 Å². The van der Waals surface area contributed by atoms with E-state index in [9.17, 15) is 4.79 Å². The van der Waals surface area contributed by atoms with Gasteiger partial charge in [-0.25, -0.2) is 0 Å². The van der Waals surface area contributed by atoms with Gasteiger partial charge in [0, 0.05) is 12.7 Å². The predicted molar refractivity (Wildman–Crippen MR) is 99.4 cm³/mol. The first kappa shape index (κ1) is 17.9. The van der Waals surface area contributed by atoms with Gasteiger partial charge in [-0.1, -0.05) is 65.3 Å². The number of hydrogen-bond acceptors (Lipinski definition) is 3. The van der Waals surface area contributed by atoms with Gasteiger partial charge in [-0.15, -0.1) is 0 Å². The third-order valence-corrected chi connectivity index (χ3v) is 4.47. The molecule has 0 N–H and O–H groups in total. The molecule has 5 heteroatoms. The largest absolute Gasteiger partial charge is 0.489 e. The highest BCUT2D eigenvalue weighted by atomic mass is 35.5. The molecule has 0 spiro atoms. The van der Waals surface area contributed by atoms with Crippen LogP contribution in [0.15, 0.2) is 48.5 Å². The average molecular weight is 367 g/mol. The zero-order chi connectivity index (χ0) is 16.7. The Kier molecular flexibility index (Phi) is 7.03. The second-order valence-corrected chi connectivity index (χ2v) is 6.82. The Bertz CT molecular complexity index is 697. The highest BCUT2D eigenvalue weighted by Crippen LogP contribution is 2.23. The maximum absolute atomic E-state index is 10.8. The molecule has 0 heterocycles. The van der Waals surface area contributed by atoms with Crippen molar-refractivity contribution in [3.8, 4) is 5.75 Å². The van der Waals surface area contributed by atoms with Crippen molar-refractivity contribution in [2.24, 2.45) is 0 Å². The van der Waals surface area contributed by atoms with E-state index >= 15 is 0 Å². The maximum Gasteiger partial charge on any atom is 0.186 e. The van der Waals surface area contributed by atoms with E-state index in [1.807, 2.05) is 42.5 Å². The fourth-order valence-electron chi connectivity index (χ4n) is 1.82. The molecule has 0 aromatic heterocycles. The van der Waals surface area contributed by atoms with E-state index < -0.39 is 0 Å². The minimum Gasteiger partial charge on any atom is -0.489 e. The first-order valence-electron chi connectivity index (χ1n) is 7.01. The van der Waals surface area contributed by atoms with E-state index in [-0.39, 0.29) is 5.12 Å². The fourth-order valence-corrected chi connectivity index (χ4v) is 2.57. The third kappa shape index (κ3) is 6.30. The van der Waals surface area contributed by atoms with Crippen molar-refractivity contribution >= 4 is 46.2 Å². The molecule has 2 aromatic carbocycles. The van der Waals surface area contributed by atoms with Gasteiger partial charge in [-0.2, -0.15) is 0 Å². The van der Waals surface area contributed by atoms with Crippen LogP contribution in [0.5, 0.6) is 5.75 Å². The van der Waals surface area contributed by atoms with Gasteiger partial charge in [0.1, 0.15) is 12.4 Å². The van der Waals surface area contributed by atoms with Crippen LogP contribution < -0.4 is 4.74 Å². The summed E-state index contributed by atoms with van der Waals surface area (Å²) in [4.78, 5) is 10.8. The normalized spacial score (nSPS) is 10.9. The number of halogens is 2. The summed E-state index contributed by atoms with van der Waals surface area (Å²) in [5.74, 6) is 1.47. The summed E-state index contributed by atoms with van der Waals surface area (Å²) in [6.45, 7) is 2.00. The van der Waals surface area contributed by atoms with Gasteiger partial charge in [-0.05, 0) is 35.4 Å². The molecule has 0 aliphatic heterocycles. The Hall–Kier alpha value is -1.42. The maximum atomic E-state index is 10.8. The van der Waals surface area contributed by atoms with Crippen molar-refractivity contribution in [2.75, 3.05) is 5.75 Å². The molecule has 0 aliphatic carbocycles. The lowest BCUT2D eigenvalue weighted by atomic mass is 10.2. The number of rotatable bonds is 6. The zero-order valence-electron chi connectivity index (χ0n) is 12.6. The summed E-state index contributed by atoms with van der Waals surface area (Å²) in [6, 6.07) is 13.2. The molecule has 0 aliphatic rings. The van der Waals surface area contributed by atoms with Crippen molar-refractivity contribution in [2.45, 2.75) is 13.5 Å². The van der Waals surface area contributed by atoms with Gasteiger partial charge >= 0.3 is 0 Å². The van der Waals surface area contributed by atoms with Gasteiger partial charge in [-0.3, -0.25) is 4.79 Å². The van der Waals surface area contributed by atoms with Crippen LogP contribution >= 0.6 is 35.0 Å². The fraction of sp³-hybridized carbons (Fsp3) is 0.167. The second kappa shape index (κ2) is 9.02. The van der Waals surface area contributed by atoms with Crippen LogP contribution in [-0.4, -0.2) is 10.9 Å². The van der Waals surface area contributed by atoms with E-state index in [1.54, 1.807) is 19.1 Å². The molecule has 0 unspecified atom stereocenters. The van der Waals surface area contributed by atoms with E-state index in [0.717, 1.165) is 16.9 Å². The number of ether oxygens (including phenoxy) is 1. The van der Waals surface area contributed by atoms with Gasteiger partial charge in [0.25, 0.3) is 0 Å². The molecule has 120 valence electrons. The van der Waals surface area contributed by atoms with Crippen LogP contribution in [0, 0.1) is 0 Å². The standard InChI is InChI=1S/C18H16Cl2O2S/c1-13(21)23-10-2-3-14-4-7-16(8-5-14)22-12-15-6-9-17(19)18(20)11-15/h2-9,11H,10,12H2,1H3. The summed E-state index contributed by atoms with van der Waals surface area (Å²) < 4.78 is 5.72. The molecule has 0 radical (unpaired) electrons. The molecule has 23 heavy (non-hydrogen) atoms. The van der Waals surface area contributed by atoms with Crippen molar-refractivity contribution < 1.29 is 9.53 Å². The molecule has 2 rings (SSSR count). The summed E-state index contributed by atoms with van der Waals surface area (Å²) in [6.07, 6.45) is 3.95. The van der Waals surface area contributed by atoms with Gasteiger partial charge in [0.05, 0.1) is 10.0 Å². The molecule has 0 saturated heterocycles. The monoisotopic (exact) mass is 366 g/mol.